The largest absolute Gasteiger partial charge is 0.495 e. The Morgan fingerprint density at radius 1 is 1.24 bits per heavy atom. The minimum Gasteiger partial charge on any atom is -0.495 e. The zero-order valence-electron chi connectivity index (χ0n) is 15.9. The molecule has 8 heteroatoms. The van der Waals surface area contributed by atoms with Gasteiger partial charge in [-0.1, -0.05) is 53.7 Å². The molecule has 146 valence electrons. The van der Waals surface area contributed by atoms with Crippen molar-refractivity contribution in [2.45, 2.75) is 12.1 Å². The molecule has 0 atom stereocenters. The van der Waals surface area contributed by atoms with Crippen LogP contribution in [0.1, 0.15) is 11.1 Å². The number of H-pyrrole nitrogens is 1. The first-order valence-electron chi connectivity index (χ1n) is 8.69. The number of carbonyl (C=O) groups excluding carboxylic acids is 1. The van der Waals surface area contributed by atoms with Crippen molar-refractivity contribution in [1.82, 2.24) is 9.97 Å². The molecule has 1 aromatic heterocycles. The van der Waals surface area contributed by atoms with Gasteiger partial charge in [0.05, 0.1) is 24.2 Å². The Balaban J connectivity index is 1.79. The van der Waals surface area contributed by atoms with E-state index < -0.39 is 5.56 Å². The number of carbonyl (C=O) groups is 1. The fourth-order valence-corrected chi connectivity index (χ4v) is 3.27. The molecule has 0 bridgehead atoms. The van der Waals surface area contributed by atoms with Crippen LogP contribution in [-0.2, 0) is 4.79 Å². The van der Waals surface area contributed by atoms with Gasteiger partial charge in [-0.25, -0.2) is 4.98 Å². The molecule has 7 nitrogen and oxygen atoms in total. The molecule has 2 N–H and O–H groups in total. The summed E-state index contributed by atoms with van der Waals surface area (Å²) < 4.78 is 5.21. The van der Waals surface area contributed by atoms with Gasteiger partial charge in [0.1, 0.15) is 17.4 Å². The van der Waals surface area contributed by atoms with Crippen LogP contribution in [0, 0.1) is 18.3 Å². The van der Waals surface area contributed by atoms with Crippen LogP contribution in [0.2, 0.25) is 0 Å². The Morgan fingerprint density at radius 3 is 2.66 bits per heavy atom. The fourth-order valence-electron chi connectivity index (χ4n) is 2.61. The number of aromatic amines is 1. The summed E-state index contributed by atoms with van der Waals surface area (Å²) in [5.41, 5.74) is 1.98. The number of methoxy groups -OCH3 is 1. The number of aromatic nitrogens is 2. The average Bonchev–Trinajstić information content (AvgIpc) is 2.73. The van der Waals surface area contributed by atoms with Crippen molar-refractivity contribution >= 4 is 23.4 Å². The van der Waals surface area contributed by atoms with Crippen LogP contribution in [0.5, 0.6) is 5.75 Å². The predicted octanol–water partition coefficient (Wildman–Crippen LogP) is 3.36. The van der Waals surface area contributed by atoms with Gasteiger partial charge >= 0.3 is 0 Å². The van der Waals surface area contributed by atoms with Crippen molar-refractivity contribution in [3.63, 3.8) is 0 Å². The number of amides is 1. The van der Waals surface area contributed by atoms with Gasteiger partial charge in [-0.05, 0) is 19.1 Å². The number of aryl methyl sites for hydroxylation is 1. The van der Waals surface area contributed by atoms with Crippen LogP contribution < -0.4 is 15.6 Å². The van der Waals surface area contributed by atoms with E-state index in [1.807, 2.05) is 25.1 Å². The van der Waals surface area contributed by atoms with E-state index in [9.17, 15) is 14.9 Å². The Kier molecular flexibility index (Phi) is 6.32. The summed E-state index contributed by atoms with van der Waals surface area (Å²) in [5, 5.41) is 12.4. The second kappa shape index (κ2) is 9.08. The summed E-state index contributed by atoms with van der Waals surface area (Å²) in [6.45, 7) is 1.95. The molecule has 1 amide bonds. The monoisotopic (exact) mass is 406 g/mol. The summed E-state index contributed by atoms with van der Waals surface area (Å²) in [6, 6.07) is 16.4. The molecule has 3 rings (SSSR count). The van der Waals surface area contributed by atoms with E-state index in [-0.39, 0.29) is 22.4 Å². The van der Waals surface area contributed by atoms with E-state index in [1.165, 1.54) is 7.11 Å². The first-order chi connectivity index (χ1) is 14.0. The lowest BCUT2D eigenvalue weighted by Gasteiger charge is -2.10. The van der Waals surface area contributed by atoms with Crippen molar-refractivity contribution in [2.24, 2.45) is 0 Å². The Hall–Kier alpha value is -3.57. The van der Waals surface area contributed by atoms with Gasteiger partial charge in [0.2, 0.25) is 5.91 Å². The minimum absolute atomic E-state index is 0.0280. The third-order valence-corrected chi connectivity index (χ3v) is 4.93. The van der Waals surface area contributed by atoms with Crippen LogP contribution in [0.15, 0.2) is 58.5 Å². The number of nitrogens with zero attached hydrogens (tertiary/aromatic N) is 2. The standard InChI is InChI=1S/C21H18N4O3S/c1-13-7-9-14(10-8-13)19-15(11-22)20(27)25-21(24-19)29-12-18(26)23-16-5-3-4-6-17(16)28-2/h3-10H,12H2,1-2H3,(H,23,26)(H,24,25,27). The molecule has 3 aromatic rings. The smallest absolute Gasteiger partial charge is 0.270 e. The quantitative estimate of drug-likeness (QED) is 0.480. The van der Waals surface area contributed by atoms with E-state index in [0.29, 0.717) is 22.7 Å². The van der Waals surface area contributed by atoms with E-state index in [2.05, 4.69) is 15.3 Å². The molecule has 0 saturated heterocycles. The molecule has 0 aliphatic heterocycles. The second-order valence-corrected chi connectivity index (χ2v) is 7.07. The number of rotatable bonds is 6. The molecule has 0 saturated carbocycles. The lowest BCUT2D eigenvalue weighted by Crippen LogP contribution is -2.17. The predicted molar refractivity (Wildman–Crippen MR) is 112 cm³/mol. The summed E-state index contributed by atoms with van der Waals surface area (Å²) in [5.74, 6) is 0.307. The van der Waals surface area contributed by atoms with Crippen molar-refractivity contribution in [1.29, 1.82) is 5.26 Å². The lowest BCUT2D eigenvalue weighted by molar-refractivity contribution is -0.113. The number of ether oxygens (including phenoxy) is 1. The van der Waals surface area contributed by atoms with E-state index in [1.54, 1.807) is 36.4 Å². The highest BCUT2D eigenvalue weighted by atomic mass is 32.2. The van der Waals surface area contributed by atoms with Crippen molar-refractivity contribution in [2.75, 3.05) is 18.2 Å². The maximum absolute atomic E-state index is 12.3. The molecule has 2 aromatic carbocycles. The highest BCUT2D eigenvalue weighted by molar-refractivity contribution is 7.99. The van der Waals surface area contributed by atoms with Crippen molar-refractivity contribution < 1.29 is 9.53 Å². The molecular formula is C21H18N4O3S. The second-order valence-electron chi connectivity index (χ2n) is 6.11. The first-order valence-corrected chi connectivity index (χ1v) is 9.67. The Labute approximate surface area is 171 Å². The van der Waals surface area contributed by atoms with Crippen LogP contribution in [0.3, 0.4) is 0 Å². The SMILES string of the molecule is COc1ccccc1NC(=O)CSc1nc(-c2ccc(C)cc2)c(C#N)c(=O)[nH]1. The topological polar surface area (TPSA) is 108 Å². The summed E-state index contributed by atoms with van der Waals surface area (Å²) in [6.07, 6.45) is 0. The molecule has 29 heavy (non-hydrogen) atoms. The summed E-state index contributed by atoms with van der Waals surface area (Å²) in [4.78, 5) is 31.6. The van der Waals surface area contributed by atoms with Gasteiger partial charge < -0.3 is 15.0 Å². The normalized spacial score (nSPS) is 10.2. The number of thioether (sulfide) groups is 1. The maximum Gasteiger partial charge on any atom is 0.270 e. The van der Waals surface area contributed by atoms with Crippen LogP contribution in [0.25, 0.3) is 11.3 Å². The molecule has 0 aliphatic carbocycles. The van der Waals surface area contributed by atoms with Crippen molar-refractivity contribution in [3.05, 3.63) is 70.0 Å². The van der Waals surface area contributed by atoms with Crippen LogP contribution >= 0.6 is 11.8 Å². The Morgan fingerprint density at radius 2 is 1.97 bits per heavy atom. The summed E-state index contributed by atoms with van der Waals surface area (Å²) in [7, 11) is 1.53. The van der Waals surface area contributed by atoms with Gasteiger partial charge in [0.15, 0.2) is 5.16 Å². The molecule has 0 aliphatic rings. The van der Waals surface area contributed by atoms with Crippen LogP contribution in [0.4, 0.5) is 5.69 Å². The van der Waals surface area contributed by atoms with Gasteiger partial charge in [-0.3, -0.25) is 9.59 Å². The number of hydrogen-bond acceptors (Lipinski definition) is 6. The Bertz CT molecular complexity index is 1130. The number of para-hydroxylation sites is 2. The van der Waals surface area contributed by atoms with Gasteiger partial charge in [0.25, 0.3) is 5.56 Å². The van der Waals surface area contributed by atoms with Crippen LogP contribution in [-0.4, -0.2) is 28.7 Å². The number of nitriles is 1. The third-order valence-electron chi connectivity index (χ3n) is 4.06. The first kappa shape index (κ1) is 20.2. The van der Waals surface area contributed by atoms with E-state index in [0.717, 1.165) is 17.3 Å². The highest BCUT2D eigenvalue weighted by Crippen LogP contribution is 2.25. The number of anilines is 1. The molecule has 0 unspecified atom stereocenters. The van der Waals surface area contributed by atoms with Gasteiger partial charge in [-0.2, -0.15) is 5.26 Å². The summed E-state index contributed by atoms with van der Waals surface area (Å²) >= 11 is 1.08. The average molecular weight is 406 g/mol. The minimum atomic E-state index is -0.536. The van der Waals surface area contributed by atoms with Gasteiger partial charge in [-0.15, -0.1) is 0 Å². The lowest BCUT2D eigenvalue weighted by atomic mass is 10.1. The zero-order chi connectivity index (χ0) is 20.8. The fraction of sp³-hybridized carbons (Fsp3) is 0.143. The molecule has 0 spiro atoms. The molecule has 0 fully saturated rings. The van der Waals surface area contributed by atoms with E-state index >= 15 is 0 Å². The molecule has 0 radical (unpaired) electrons. The zero-order valence-corrected chi connectivity index (χ0v) is 16.7. The third kappa shape index (κ3) is 4.83. The number of hydrogen-bond donors (Lipinski definition) is 2. The van der Waals surface area contributed by atoms with E-state index in [4.69, 9.17) is 4.74 Å². The number of benzene rings is 2. The number of nitrogens with one attached hydrogen (secondary N) is 2. The highest BCUT2D eigenvalue weighted by Gasteiger charge is 2.15. The molecule has 1 heterocycles. The van der Waals surface area contributed by atoms with Gasteiger partial charge in [0, 0.05) is 5.56 Å². The molecular weight excluding hydrogens is 388 g/mol. The maximum atomic E-state index is 12.3. The van der Waals surface area contributed by atoms with Crippen molar-refractivity contribution in [3.8, 4) is 23.1 Å².